The summed E-state index contributed by atoms with van der Waals surface area (Å²) in [5, 5.41) is 2.95. The van der Waals surface area contributed by atoms with E-state index in [0.29, 0.717) is 0 Å². The first-order chi connectivity index (χ1) is 6.48. The van der Waals surface area contributed by atoms with Crippen LogP contribution in [0.3, 0.4) is 0 Å². The summed E-state index contributed by atoms with van der Waals surface area (Å²) in [6.45, 7) is 0.761. The zero-order valence-electron chi connectivity index (χ0n) is 9.63. The molecular weight excluding hydrogens is 178 g/mol. The second-order valence-corrected chi connectivity index (χ2v) is 4.53. The highest BCUT2D eigenvalue weighted by Crippen LogP contribution is 2.35. The van der Waals surface area contributed by atoms with E-state index < -0.39 is 0 Å². The zero-order chi connectivity index (χ0) is 10.8. The number of carbonyl (C=O) groups excluding carboxylic acids is 1. The average molecular weight is 199 g/mol. The third-order valence-electron chi connectivity index (χ3n) is 3.21. The maximum atomic E-state index is 11.3. The first-order valence-corrected chi connectivity index (χ1v) is 5.10. The van der Waals surface area contributed by atoms with Crippen molar-refractivity contribution in [3.8, 4) is 0 Å². The number of urea groups is 1. The molecule has 1 aliphatic rings. The first kappa shape index (κ1) is 11.3. The van der Waals surface area contributed by atoms with Crippen LogP contribution in [0.15, 0.2) is 0 Å². The molecule has 0 aromatic heterocycles. The van der Waals surface area contributed by atoms with Gasteiger partial charge in [-0.1, -0.05) is 0 Å². The average Bonchev–Trinajstić information content (AvgIpc) is 2.00. The van der Waals surface area contributed by atoms with Gasteiger partial charge in [-0.05, 0) is 33.4 Å². The fraction of sp³-hybridized carbons (Fsp3) is 0.900. The first-order valence-electron chi connectivity index (χ1n) is 5.10. The van der Waals surface area contributed by atoms with Gasteiger partial charge in [-0.25, -0.2) is 4.79 Å². The van der Waals surface area contributed by atoms with E-state index in [-0.39, 0.29) is 11.6 Å². The summed E-state index contributed by atoms with van der Waals surface area (Å²) >= 11 is 0. The molecule has 1 saturated carbocycles. The van der Waals surface area contributed by atoms with Crippen molar-refractivity contribution in [2.45, 2.75) is 24.8 Å². The van der Waals surface area contributed by atoms with Crippen molar-refractivity contribution in [3.05, 3.63) is 0 Å². The van der Waals surface area contributed by atoms with E-state index in [4.69, 9.17) is 0 Å². The number of nitrogens with one attached hydrogen (secondary N) is 1. The van der Waals surface area contributed by atoms with Gasteiger partial charge >= 0.3 is 6.03 Å². The lowest BCUT2D eigenvalue weighted by Gasteiger charge is -2.47. The molecule has 0 aromatic carbocycles. The van der Waals surface area contributed by atoms with Crippen LogP contribution in [-0.2, 0) is 0 Å². The van der Waals surface area contributed by atoms with E-state index in [0.717, 1.165) is 6.54 Å². The molecule has 14 heavy (non-hydrogen) atoms. The van der Waals surface area contributed by atoms with Crippen molar-refractivity contribution in [2.75, 3.05) is 34.7 Å². The van der Waals surface area contributed by atoms with Gasteiger partial charge in [-0.2, -0.15) is 0 Å². The third kappa shape index (κ3) is 2.18. The molecule has 0 unspecified atom stereocenters. The Morgan fingerprint density at radius 1 is 1.29 bits per heavy atom. The van der Waals surface area contributed by atoms with Crippen LogP contribution in [0.4, 0.5) is 4.79 Å². The molecule has 0 aromatic rings. The van der Waals surface area contributed by atoms with Gasteiger partial charge in [0, 0.05) is 26.2 Å². The predicted molar refractivity (Wildman–Crippen MR) is 57.4 cm³/mol. The van der Waals surface area contributed by atoms with Crippen molar-refractivity contribution in [1.82, 2.24) is 15.1 Å². The summed E-state index contributed by atoms with van der Waals surface area (Å²) in [7, 11) is 7.69. The lowest BCUT2D eigenvalue weighted by Crippen LogP contribution is -2.58. The highest BCUT2D eigenvalue weighted by molar-refractivity contribution is 5.73. The topological polar surface area (TPSA) is 35.6 Å². The smallest absolute Gasteiger partial charge is 0.316 e. The van der Waals surface area contributed by atoms with Gasteiger partial charge in [-0.3, -0.25) is 0 Å². The summed E-state index contributed by atoms with van der Waals surface area (Å²) in [6, 6.07) is -0.00174. The Labute approximate surface area is 86.2 Å². The SMILES string of the molecule is CN(C)C(=O)NCC1(N(C)C)CCC1. The van der Waals surface area contributed by atoms with Crippen LogP contribution in [0.2, 0.25) is 0 Å². The molecule has 4 heteroatoms. The molecule has 82 valence electrons. The van der Waals surface area contributed by atoms with Crippen molar-refractivity contribution < 1.29 is 4.79 Å². The Morgan fingerprint density at radius 3 is 2.14 bits per heavy atom. The molecule has 1 aliphatic carbocycles. The highest BCUT2D eigenvalue weighted by Gasteiger charge is 2.39. The van der Waals surface area contributed by atoms with Gasteiger partial charge < -0.3 is 15.1 Å². The maximum Gasteiger partial charge on any atom is 0.316 e. The van der Waals surface area contributed by atoms with Crippen LogP contribution in [0.5, 0.6) is 0 Å². The maximum absolute atomic E-state index is 11.3. The van der Waals surface area contributed by atoms with Crippen molar-refractivity contribution in [3.63, 3.8) is 0 Å². The quantitative estimate of drug-likeness (QED) is 0.727. The van der Waals surface area contributed by atoms with Gasteiger partial charge in [0.2, 0.25) is 0 Å². The van der Waals surface area contributed by atoms with Crippen molar-refractivity contribution >= 4 is 6.03 Å². The molecule has 0 aliphatic heterocycles. The lowest BCUT2D eigenvalue weighted by molar-refractivity contribution is 0.0614. The Kier molecular flexibility index (Phi) is 3.37. The molecule has 2 amide bonds. The molecule has 0 radical (unpaired) electrons. The number of amides is 2. The molecular formula is C10H21N3O. The summed E-state index contributed by atoms with van der Waals surface area (Å²) < 4.78 is 0. The van der Waals surface area contributed by atoms with Gasteiger partial charge in [0.15, 0.2) is 0 Å². The van der Waals surface area contributed by atoms with E-state index >= 15 is 0 Å². The molecule has 0 atom stereocenters. The Balaban J connectivity index is 2.39. The van der Waals surface area contributed by atoms with Gasteiger partial charge in [-0.15, -0.1) is 0 Å². The van der Waals surface area contributed by atoms with E-state index in [1.54, 1.807) is 19.0 Å². The van der Waals surface area contributed by atoms with Crippen LogP contribution >= 0.6 is 0 Å². The molecule has 0 spiro atoms. The predicted octanol–water partition coefficient (Wildman–Crippen LogP) is 0.742. The highest BCUT2D eigenvalue weighted by atomic mass is 16.2. The lowest BCUT2D eigenvalue weighted by atomic mass is 9.75. The van der Waals surface area contributed by atoms with Crippen LogP contribution in [0, 0.1) is 0 Å². The Hall–Kier alpha value is -0.770. The molecule has 4 nitrogen and oxygen atoms in total. The molecule has 0 heterocycles. The summed E-state index contributed by atoms with van der Waals surface area (Å²) in [5.74, 6) is 0. The summed E-state index contributed by atoms with van der Waals surface area (Å²) in [6.07, 6.45) is 3.65. The second-order valence-electron chi connectivity index (χ2n) is 4.53. The minimum absolute atomic E-state index is 0.00174. The minimum Gasteiger partial charge on any atom is -0.336 e. The molecule has 0 bridgehead atoms. The van der Waals surface area contributed by atoms with Crippen LogP contribution < -0.4 is 5.32 Å². The number of hydrogen-bond acceptors (Lipinski definition) is 2. The largest absolute Gasteiger partial charge is 0.336 e. The Bertz CT molecular complexity index is 209. The number of carbonyl (C=O) groups is 1. The van der Waals surface area contributed by atoms with E-state index in [1.807, 2.05) is 0 Å². The van der Waals surface area contributed by atoms with Crippen LogP contribution in [0.1, 0.15) is 19.3 Å². The Morgan fingerprint density at radius 2 is 1.86 bits per heavy atom. The fourth-order valence-corrected chi connectivity index (χ4v) is 1.77. The summed E-state index contributed by atoms with van der Waals surface area (Å²) in [4.78, 5) is 15.1. The van der Waals surface area contributed by atoms with Crippen molar-refractivity contribution in [2.24, 2.45) is 0 Å². The third-order valence-corrected chi connectivity index (χ3v) is 3.21. The van der Waals surface area contributed by atoms with Gasteiger partial charge in [0.05, 0.1) is 0 Å². The number of likely N-dealkylation sites (N-methyl/N-ethyl adjacent to an activating group) is 1. The minimum atomic E-state index is -0.00174. The van der Waals surface area contributed by atoms with Crippen LogP contribution in [0.25, 0.3) is 0 Å². The van der Waals surface area contributed by atoms with Crippen molar-refractivity contribution in [1.29, 1.82) is 0 Å². The molecule has 1 rings (SSSR count). The number of nitrogens with zero attached hydrogens (tertiary/aromatic N) is 2. The monoisotopic (exact) mass is 199 g/mol. The second kappa shape index (κ2) is 4.17. The summed E-state index contributed by atoms with van der Waals surface area (Å²) in [5.41, 5.74) is 0.214. The zero-order valence-corrected chi connectivity index (χ0v) is 9.63. The molecule has 1 fully saturated rings. The fourth-order valence-electron chi connectivity index (χ4n) is 1.77. The number of hydrogen-bond donors (Lipinski definition) is 1. The van der Waals surface area contributed by atoms with E-state index in [2.05, 4.69) is 24.3 Å². The van der Waals surface area contributed by atoms with Crippen LogP contribution in [-0.4, -0.2) is 56.1 Å². The number of rotatable bonds is 3. The van der Waals surface area contributed by atoms with E-state index in [1.165, 1.54) is 19.3 Å². The van der Waals surface area contributed by atoms with E-state index in [9.17, 15) is 4.79 Å². The van der Waals surface area contributed by atoms with Gasteiger partial charge in [0.25, 0.3) is 0 Å². The normalized spacial score (nSPS) is 18.9. The van der Waals surface area contributed by atoms with Gasteiger partial charge in [0.1, 0.15) is 0 Å². The molecule has 1 N–H and O–H groups in total. The standard InChI is InChI=1S/C10H21N3O/c1-12(2)9(14)11-8-10(13(3)4)6-5-7-10/h5-8H2,1-4H3,(H,11,14). The molecule has 0 saturated heterocycles.